The first-order valence-electron chi connectivity index (χ1n) is 5.70. The average molecular weight is 218 g/mol. The Morgan fingerprint density at radius 2 is 0.688 bits per heavy atom. The van der Waals surface area contributed by atoms with Gasteiger partial charge in [-0.1, -0.05) is 39.8 Å². The van der Waals surface area contributed by atoms with Gasteiger partial charge in [-0.05, 0) is 24.3 Å². The number of nitrogens with zero attached hydrogens (tertiary/aromatic N) is 2. The summed E-state index contributed by atoms with van der Waals surface area (Å²) in [6, 6.07) is 11.4. The largest absolute Gasteiger partial charge is 0.265 e. The van der Waals surface area contributed by atoms with Crippen LogP contribution in [0.15, 0.2) is 61.2 Å². The fourth-order valence-electron chi connectivity index (χ4n) is 0.625. The number of hydrogen-bond acceptors (Lipinski definition) is 2. The SMILES string of the molecule is CC.CC.c1ccncc1.c1ccncc1. The van der Waals surface area contributed by atoms with Crippen molar-refractivity contribution in [1.82, 2.24) is 9.97 Å². The van der Waals surface area contributed by atoms with E-state index in [1.54, 1.807) is 24.8 Å². The van der Waals surface area contributed by atoms with Gasteiger partial charge in [0.25, 0.3) is 0 Å². The van der Waals surface area contributed by atoms with E-state index in [9.17, 15) is 0 Å². The standard InChI is InChI=1S/2C5H5N.2C2H6/c2*1-2-4-6-5-3-1;2*1-2/h2*1-5H;2*1-2H3. The smallest absolute Gasteiger partial charge is 0.0267 e. The van der Waals surface area contributed by atoms with Crippen molar-refractivity contribution < 1.29 is 0 Å². The first-order valence-corrected chi connectivity index (χ1v) is 5.70. The topological polar surface area (TPSA) is 25.8 Å². The Labute approximate surface area is 99.4 Å². The Hall–Kier alpha value is -1.70. The zero-order chi connectivity index (χ0) is 12.5. The third-order valence-electron chi connectivity index (χ3n) is 1.13. The molecule has 2 heteroatoms. The van der Waals surface area contributed by atoms with Crippen molar-refractivity contribution in [3.8, 4) is 0 Å². The van der Waals surface area contributed by atoms with Crippen LogP contribution in [0.5, 0.6) is 0 Å². The molecule has 0 saturated carbocycles. The molecule has 0 spiro atoms. The lowest BCUT2D eigenvalue weighted by molar-refractivity contribution is 1.33. The van der Waals surface area contributed by atoms with Gasteiger partial charge in [-0.15, -0.1) is 0 Å². The van der Waals surface area contributed by atoms with Crippen LogP contribution in [-0.4, -0.2) is 9.97 Å². The maximum absolute atomic E-state index is 3.78. The van der Waals surface area contributed by atoms with Crippen LogP contribution >= 0.6 is 0 Å². The van der Waals surface area contributed by atoms with E-state index in [0.29, 0.717) is 0 Å². The normalized spacial score (nSPS) is 6.75. The summed E-state index contributed by atoms with van der Waals surface area (Å²) in [5.41, 5.74) is 0. The van der Waals surface area contributed by atoms with Gasteiger partial charge in [-0.25, -0.2) is 0 Å². The molecule has 0 aromatic carbocycles. The van der Waals surface area contributed by atoms with Crippen LogP contribution < -0.4 is 0 Å². The van der Waals surface area contributed by atoms with Crippen molar-refractivity contribution in [3.05, 3.63) is 61.2 Å². The van der Waals surface area contributed by atoms with E-state index in [4.69, 9.17) is 0 Å². The molecule has 88 valence electrons. The molecular weight excluding hydrogens is 196 g/mol. The second-order valence-electron chi connectivity index (χ2n) is 2.05. The second-order valence-corrected chi connectivity index (χ2v) is 2.05. The molecule has 0 atom stereocenters. The van der Waals surface area contributed by atoms with E-state index in [2.05, 4.69) is 9.97 Å². The minimum Gasteiger partial charge on any atom is -0.265 e. The molecule has 0 radical (unpaired) electrons. The van der Waals surface area contributed by atoms with Gasteiger partial charge >= 0.3 is 0 Å². The molecular formula is C14H22N2. The summed E-state index contributed by atoms with van der Waals surface area (Å²) in [5.74, 6) is 0. The fraction of sp³-hybridized carbons (Fsp3) is 0.286. The molecule has 0 saturated heterocycles. The van der Waals surface area contributed by atoms with Crippen LogP contribution in [0.1, 0.15) is 27.7 Å². The first-order chi connectivity index (χ1) is 8.00. The van der Waals surface area contributed by atoms with Crippen molar-refractivity contribution in [2.45, 2.75) is 27.7 Å². The van der Waals surface area contributed by atoms with Crippen molar-refractivity contribution in [2.24, 2.45) is 0 Å². The Morgan fingerprint density at radius 1 is 0.438 bits per heavy atom. The average Bonchev–Trinajstić information content (AvgIpc) is 2.48. The summed E-state index contributed by atoms with van der Waals surface area (Å²) < 4.78 is 0. The molecule has 0 N–H and O–H groups in total. The summed E-state index contributed by atoms with van der Waals surface area (Å²) >= 11 is 0. The predicted octanol–water partition coefficient (Wildman–Crippen LogP) is 4.22. The molecule has 2 aromatic rings. The molecule has 0 aliphatic rings. The highest BCUT2D eigenvalue weighted by molar-refractivity contribution is 4.88. The number of rotatable bonds is 0. The molecule has 0 fully saturated rings. The van der Waals surface area contributed by atoms with Crippen LogP contribution in [-0.2, 0) is 0 Å². The zero-order valence-corrected chi connectivity index (χ0v) is 10.7. The van der Waals surface area contributed by atoms with Gasteiger partial charge in [-0.3, -0.25) is 9.97 Å². The molecule has 2 heterocycles. The van der Waals surface area contributed by atoms with Gasteiger partial charge in [0.05, 0.1) is 0 Å². The van der Waals surface area contributed by atoms with Gasteiger partial charge in [-0.2, -0.15) is 0 Å². The number of pyridine rings is 2. The van der Waals surface area contributed by atoms with Crippen LogP contribution in [0, 0.1) is 0 Å². The van der Waals surface area contributed by atoms with Crippen molar-refractivity contribution in [3.63, 3.8) is 0 Å². The van der Waals surface area contributed by atoms with E-state index in [1.165, 1.54) is 0 Å². The lowest BCUT2D eigenvalue weighted by Crippen LogP contribution is -1.58. The third-order valence-corrected chi connectivity index (χ3v) is 1.13. The maximum Gasteiger partial charge on any atom is 0.0267 e. The van der Waals surface area contributed by atoms with E-state index in [1.807, 2.05) is 64.1 Å². The minimum atomic E-state index is 1.75. The molecule has 0 amide bonds. The lowest BCUT2D eigenvalue weighted by Gasteiger charge is -1.70. The third kappa shape index (κ3) is 14.8. The lowest BCUT2D eigenvalue weighted by atomic mass is 10.5. The summed E-state index contributed by atoms with van der Waals surface area (Å²) in [7, 11) is 0. The maximum atomic E-state index is 3.78. The summed E-state index contributed by atoms with van der Waals surface area (Å²) in [6.07, 6.45) is 7.00. The molecule has 0 unspecified atom stereocenters. The molecule has 0 bridgehead atoms. The molecule has 2 rings (SSSR count). The Bertz CT molecular complexity index is 184. The predicted molar refractivity (Wildman–Crippen MR) is 71.2 cm³/mol. The van der Waals surface area contributed by atoms with Gasteiger partial charge in [0.15, 0.2) is 0 Å². The summed E-state index contributed by atoms with van der Waals surface area (Å²) in [5, 5.41) is 0. The van der Waals surface area contributed by atoms with Gasteiger partial charge < -0.3 is 0 Å². The molecule has 2 nitrogen and oxygen atoms in total. The van der Waals surface area contributed by atoms with Gasteiger partial charge in [0, 0.05) is 24.8 Å². The Balaban J connectivity index is 0. The highest BCUT2D eigenvalue weighted by atomic mass is 14.6. The van der Waals surface area contributed by atoms with Crippen molar-refractivity contribution in [2.75, 3.05) is 0 Å². The molecule has 2 aromatic heterocycles. The van der Waals surface area contributed by atoms with E-state index >= 15 is 0 Å². The molecule has 0 aliphatic heterocycles. The van der Waals surface area contributed by atoms with Crippen molar-refractivity contribution >= 4 is 0 Å². The minimum absolute atomic E-state index is 1.75. The number of aromatic nitrogens is 2. The highest BCUT2D eigenvalue weighted by Gasteiger charge is 1.59. The van der Waals surface area contributed by atoms with Crippen LogP contribution in [0.4, 0.5) is 0 Å². The highest BCUT2D eigenvalue weighted by Crippen LogP contribution is 1.74. The van der Waals surface area contributed by atoms with Gasteiger partial charge in [0.2, 0.25) is 0 Å². The van der Waals surface area contributed by atoms with Crippen LogP contribution in [0.3, 0.4) is 0 Å². The van der Waals surface area contributed by atoms with E-state index < -0.39 is 0 Å². The quantitative estimate of drug-likeness (QED) is 0.661. The molecule has 0 aliphatic carbocycles. The second kappa shape index (κ2) is 19.0. The summed E-state index contributed by atoms with van der Waals surface area (Å²) in [6.45, 7) is 8.00. The Kier molecular flexibility index (Phi) is 19.8. The van der Waals surface area contributed by atoms with E-state index in [0.717, 1.165) is 0 Å². The van der Waals surface area contributed by atoms with Gasteiger partial charge in [0.1, 0.15) is 0 Å². The summed E-state index contributed by atoms with van der Waals surface area (Å²) in [4.78, 5) is 7.57. The monoisotopic (exact) mass is 218 g/mol. The number of hydrogen-bond donors (Lipinski definition) is 0. The fourth-order valence-corrected chi connectivity index (χ4v) is 0.625. The zero-order valence-electron chi connectivity index (χ0n) is 10.7. The van der Waals surface area contributed by atoms with E-state index in [-0.39, 0.29) is 0 Å². The van der Waals surface area contributed by atoms with Crippen LogP contribution in [0.2, 0.25) is 0 Å². The Morgan fingerprint density at radius 3 is 0.750 bits per heavy atom. The molecule has 16 heavy (non-hydrogen) atoms. The van der Waals surface area contributed by atoms with Crippen LogP contribution in [0.25, 0.3) is 0 Å². The first kappa shape index (κ1) is 16.7. The van der Waals surface area contributed by atoms with Crippen molar-refractivity contribution in [1.29, 1.82) is 0 Å².